The molecule has 0 saturated heterocycles. The molecule has 5 nitrogen and oxygen atoms in total. The molecule has 0 aromatic heterocycles. The number of carboxylic acid groups (broad SMARTS) is 1. The van der Waals surface area contributed by atoms with Gasteiger partial charge in [0, 0.05) is 19.5 Å². The maximum absolute atomic E-state index is 12.5. The van der Waals surface area contributed by atoms with Crippen LogP contribution in [-0.2, 0) is 9.59 Å². The van der Waals surface area contributed by atoms with Gasteiger partial charge in [-0.15, -0.1) is 0 Å². The summed E-state index contributed by atoms with van der Waals surface area (Å²) < 4.78 is 0. The van der Waals surface area contributed by atoms with Gasteiger partial charge < -0.3 is 16.2 Å². The SMILES string of the molecule is CC(C)C[C@H](CNC(=O)C1(CN)CCCCC1)CC(=O)O. The van der Waals surface area contributed by atoms with Crippen molar-refractivity contribution in [1.29, 1.82) is 0 Å². The Balaban J connectivity index is 2.56. The molecule has 1 fully saturated rings. The van der Waals surface area contributed by atoms with E-state index < -0.39 is 11.4 Å². The van der Waals surface area contributed by atoms with Crippen molar-refractivity contribution in [2.75, 3.05) is 13.1 Å². The van der Waals surface area contributed by atoms with Gasteiger partial charge in [0.25, 0.3) is 0 Å². The van der Waals surface area contributed by atoms with Gasteiger partial charge in [-0.2, -0.15) is 0 Å². The van der Waals surface area contributed by atoms with Gasteiger partial charge in [-0.25, -0.2) is 0 Å². The normalized spacial score (nSPS) is 19.2. The van der Waals surface area contributed by atoms with E-state index in [9.17, 15) is 9.59 Å². The molecule has 1 rings (SSSR count). The average molecular weight is 298 g/mol. The molecule has 0 heterocycles. The van der Waals surface area contributed by atoms with Crippen molar-refractivity contribution in [2.45, 2.75) is 58.8 Å². The minimum Gasteiger partial charge on any atom is -0.481 e. The summed E-state index contributed by atoms with van der Waals surface area (Å²) >= 11 is 0. The molecule has 0 aromatic rings. The minimum atomic E-state index is -0.805. The Morgan fingerprint density at radius 3 is 2.33 bits per heavy atom. The van der Waals surface area contributed by atoms with Gasteiger partial charge in [0.05, 0.1) is 5.41 Å². The first-order valence-electron chi connectivity index (χ1n) is 8.10. The van der Waals surface area contributed by atoms with Gasteiger partial charge in [-0.3, -0.25) is 9.59 Å². The quantitative estimate of drug-likeness (QED) is 0.640. The first kappa shape index (κ1) is 18.0. The third kappa shape index (κ3) is 5.65. The van der Waals surface area contributed by atoms with Crippen molar-refractivity contribution in [3.8, 4) is 0 Å². The lowest BCUT2D eigenvalue weighted by molar-refractivity contribution is -0.139. The fourth-order valence-electron chi connectivity index (χ4n) is 3.33. The van der Waals surface area contributed by atoms with Crippen molar-refractivity contribution in [2.24, 2.45) is 23.0 Å². The highest BCUT2D eigenvalue weighted by Crippen LogP contribution is 2.35. The highest BCUT2D eigenvalue weighted by molar-refractivity contribution is 5.83. The van der Waals surface area contributed by atoms with E-state index in [4.69, 9.17) is 10.8 Å². The number of hydrogen-bond donors (Lipinski definition) is 3. The fraction of sp³-hybridized carbons (Fsp3) is 0.875. The van der Waals surface area contributed by atoms with E-state index in [1.807, 2.05) is 0 Å². The number of amides is 1. The summed E-state index contributed by atoms with van der Waals surface area (Å²) in [7, 11) is 0. The highest BCUT2D eigenvalue weighted by Gasteiger charge is 2.38. The lowest BCUT2D eigenvalue weighted by Crippen LogP contribution is -2.48. The molecule has 0 unspecified atom stereocenters. The maximum atomic E-state index is 12.5. The van der Waals surface area contributed by atoms with E-state index in [1.165, 1.54) is 6.42 Å². The lowest BCUT2D eigenvalue weighted by atomic mass is 9.73. The Hall–Kier alpha value is -1.10. The first-order chi connectivity index (χ1) is 9.89. The molecule has 4 N–H and O–H groups in total. The highest BCUT2D eigenvalue weighted by atomic mass is 16.4. The molecule has 21 heavy (non-hydrogen) atoms. The number of carboxylic acids is 1. The van der Waals surface area contributed by atoms with Crippen molar-refractivity contribution < 1.29 is 14.7 Å². The molecule has 0 spiro atoms. The summed E-state index contributed by atoms with van der Waals surface area (Å²) in [5, 5.41) is 11.9. The van der Waals surface area contributed by atoms with Gasteiger partial charge in [-0.1, -0.05) is 33.1 Å². The number of carbonyl (C=O) groups is 2. The molecule has 1 aliphatic carbocycles. The molecule has 1 amide bonds. The predicted molar refractivity (Wildman–Crippen MR) is 82.8 cm³/mol. The summed E-state index contributed by atoms with van der Waals surface area (Å²) in [5.74, 6) is -0.376. The monoisotopic (exact) mass is 298 g/mol. The van der Waals surface area contributed by atoms with Crippen LogP contribution in [0.4, 0.5) is 0 Å². The standard InChI is InChI=1S/C16H30N2O3/c1-12(2)8-13(9-14(19)20)10-18-15(21)16(11-17)6-4-3-5-7-16/h12-13H,3-11,17H2,1-2H3,(H,18,21)(H,19,20)/t13-/m0/s1. The second-order valence-corrected chi connectivity index (χ2v) is 6.85. The second kappa shape index (κ2) is 8.37. The van der Waals surface area contributed by atoms with Gasteiger partial charge in [0.2, 0.25) is 5.91 Å². The smallest absolute Gasteiger partial charge is 0.303 e. The van der Waals surface area contributed by atoms with Crippen molar-refractivity contribution in [3.63, 3.8) is 0 Å². The van der Waals surface area contributed by atoms with Crippen molar-refractivity contribution in [1.82, 2.24) is 5.32 Å². The van der Waals surface area contributed by atoms with Gasteiger partial charge in [0.15, 0.2) is 0 Å². The van der Waals surface area contributed by atoms with Crippen LogP contribution in [0.3, 0.4) is 0 Å². The molecular formula is C16H30N2O3. The van der Waals surface area contributed by atoms with Crippen LogP contribution in [0.1, 0.15) is 58.8 Å². The Kier molecular flexibility index (Phi) is 7.15. The molecule has 1 saturated carbocycles. The topological polar surface area (TPSA) is 92.4 Å². The summed E-state index contributed by atoms with van der Waals surface area (Å²) in [6, 6.07) is 0. The maximum Gasteiger partial charge on any atom is 0.303 e. The second-order valence-electron chi connectivity index (χ2n) is 6.85. The molecule has 0 radical (unpaired) electrons. The summed E-state index contributed by atoms with van der Waals surface area (Å²) in [4.78, 5) is 23.4. The summed E-state index contributed by atoms with van der Waals surface area (Å²) in [6.07, 6.45) is 5.89. The largest absolute Gasteiger partial charge is 0.481 e. The summed E-state index contributed by atoms with van der Waals surface area (Å²) in [5.41, 5.74) is 5.43. The van der Waals surface area contributed by atoms with E-state index in [2.05, 4.69) is 19.2 Å². The molecule has 5 heteroatoms. The molecule has 1 aliphatic rings. The van der Waals surface area contributed by atoms with Crippen LogP contribution in [0.2, 0.25) is 0 Å². The van der Waals surface area contributed by atoms with Gasteiger partial charge >= 0.3 is 5.97 Å². The summed E-state index contributed by atoms with van der Waals surface area (Å²) in [6.45, 7) is 4.95. The van der Waals surface area contributed by atoms with E-state index in [0.717, 1.165) is 32.1 Å². The molecule has 0 aromatic carbocycles. The van der Waals surface area contributed by atoms with Crippen molar-refractivity contribution in [3.05, 3.63) is 0 Å². The molecule has 0 bridgehead atoms. The predicted octanol–water partition coefficient (Wildman–Crippen LogP) is 2.15. The number of nitrogens with one attached hydrogen (secondary N) is 1. The van der Waals surface area contributed by atoms with Crippen LogP contribution < -0.4 is 11.1 Å². The third-order valence-electron chi connectivity index (χ3n) is 4.50. The van der Waals surface area contributed by atoms with Gasteiger partial charge in [-0.05, 0) is 31.1 Å². The lowest BCUT2D eigenvalue weighted by Gasteiger charge is -2.35. The average Bonchev–Trinajstić information content (AvgIpc) is 2.44. The molecule has 122 valence electrons. The Morgan fingerprint density at radius 1 is 1.24 bits per heavy atom. The van der Waals surface area contributed by atoms with Crippen LogP contribution >= 0.6 is 0 Å². The van der Waals surface area contributed by atoms with Gasteiger partial charge in [0.1, 0.15) is 0 Å². The zero-order valence-corrected chi connectivity index (χ0v) is 13.4. The minimum absolute atomic E-state index is 0.00938. The van der Waals surface area contributed by atoms with E-state index in [1.54, 1.807) is 0 Å². The molecular weight excluding hydrogens is 268 g/mol. The van der Waals surface area contributed by atoms with Crippen LogP contribution in [0.25, 0.3) is 0 Å². The Bertz CT molecular complexity index is 349. The zero-order chi connectivity index (χ0) is 15.9. The number of rotatable bonds is 8. The van der Waals surface area contributed by atoms with E-state index in [0.29, 0.717) is 19.0 Å². The third-order valence-corrected chi connectivity index (χ3v) is 4.50. The zero-order valence-electron chi connectivity index (χ0n) is 13.4. The van der Waals surface area contributed by atoms with Crippen LogP contribution in [0, 0.1) is 17.3 Å². The Morgan fingerprint density at radius 2 is 1.86 bits per heavy atom. The van der Waals surface area contributed by atoms with Crippen LogP contribution in [-0.4, -0.2) is 30.1 Å². The number of carbonyl (C=O) groups excluding carboxylic acids is 1. The first-order valence-corrected chi connectivity index (χ1v) is 8.10. The number of hydrogen-bond acceptors (Lipinski definition) is 3. The number of nitrogens with two attached hydrogens (primary N) is 1. The number of aliphatic carboxylic acids is 1. The molecule has 0 aliphatic heterocycles. The van der Waals surface area contributed by atoms with Crippen LogP contribution in [0.15, 0.2) is 0 Å². The fourth-order valence-corrected chi connectivity index (χ4v) is 3.33. The van der Waals surface area contributed by atoms with Crippen molar-refractivity contribution >= 4 is 11.9 Å². The van der Waals surface area contributed by atoms with E-state index >= 15 is 0 Å². The Labute approximate surface area is 127 Å². The van der Waals surface area contributed by atoms with E-state index in [-0.39, 0.29) is 18.2 Å². The molecule has 1 atom stereocenters. The van der Waals surface area contributed by atoms with Crippen LogP contribution in [0.5, 0.6) is 0 Å².